The zero-order chi connectivity index (χ0) is 16.1. The summed E-state index contributed by atoms with van der Waals surface area (Å²) >= 11 is 0. The number of rotatable bonds is 6. The first-order valence-electron chi connectivity index (χ1n) is 7.91. The van der Waals surface area contributed by atoms with Gasteiger partial charge in [-0.25, -0.2) is 0 Å². The highest BCUT2D eigenvalue weighted by Crippen LogP contribution is 2.11. The van der Waals surface area contributed by atoms with Gasteiger partial charge in [-0.05, 0) is 27.3 Å². The first-order chi connectivity index (χ1) is 10.5. The summed E-state index contributed by atoms with van der Waals surface area (Å²) < 4.78 is 5.05. The van der Waals surface area contributed by atoms with Crippen LogP contribution < -0.4 is 0 Å². The SMILES string of the molecule is Cc1noc(CN(C)C(=O)CC[C@H](C)N2CCN(C)CC2)n1. The van der Waals surface area contributed by atoms with E-state index >= 15 is 0 Å². The van der Waals surface area contributed by atoms with E-state index in [0.29, 0.717) is 30.7 Å². The predicted octanol–water partition coefficient (Wildman–Crippen LogP) is 0.753. The van der Waals surface area contributed by atoms with Gasteiger partial charge in [-0.3, -0.25) is 9.69 Å². The van der Waals surface area contributed by atoms with Gasteiger partial charge in [0.05, 0.1) is 6.54 Å². The molecule has 0 spiro atoms. The lowest BCUT2D eigenvalue weighted by molar-refractivity contribution is -0.131. The lowest BCUT2D eigenvalue weighted by Gasteiger charge is -2.36. The maximum Gasteiger partial charge on any atom is 0.246 e. The summed E-state index contributed by atoms with van der Waals surface area (Å²) in [4.78, 5) is 22.8. The minimum absolute atomic E-state index is 0.122. The normalized spacial score (nSPS) is 18.4. The highest BCUT2D eigenvalue weighted by Gasteiger charge is 2.20. The molecule has 0 bridgehead atoms. The van der Waals surface area contributed by atoms with Gasteiger partial charge in [0.25, 0.3) is 0 Å². The van der Waals surface area contributed by atoms with Crippen LogP contribution in [0.15, 0.2) is 4.52 Å². The number of hydrogen-bond acceptors (Lipinski definition) is 6. The van der Waals surface area contributed by atoms with Crippen LogP contribution in [0.4, 0.5) is 0 Å². The molecule has 0 saturated carbocycles. The van der Waals surface area contributed by atoms with Crippen molar-refractivity contribution in [3.8, 4) is 0 Å². The number of carbonyl (C=O) groups excluding carboxylic acids is 1. The van der Waals surface area contributed by atoms with Crippen molar-refractivity contribution in [1.82, 2.24) is 24.8 Å². The average molecular weight is 309 g/mol. The van der Waals surface area contributed by atoms with Crippen molar-refractivity contribution in [3.05, 3.63) is 11.7 Å². The zero-order valence-corrected chi connectivity index (χ0v) is 14.1. The number of aryl methyl sites for hydroxylation is 1. The fraction of sp³-hybridized carbons (Fsp3) is 0.800. The van der Waals surface area contributed by atoms with E-state index in [1.807, 2.05) is 0 Å². The van der Waals surface area contributed by atoms with Gasteiger partial charge < -0.3 is 14.3 Å². The van der Waals surface area contributed by atoms with Crippen molar-refractivity contribution in [2.45, 2.75) is 39.3 Å². The summed E-state index contributed by atoms with van der Waals surface area (Å²) in [6.07, 6.45) is 1.44. The van der Waals surface area contributed by atoms with Gasteiger partial charge >= 0.3 is 0 Å². The summed E-state index contributed by atoms with van der Waals surface area (Å²) in [6.45, 7) is 8.74. The molecule has 0 aromatic carbocycles. The Labute approximate surface area is 132 Å². The fourth-order valence-electron chi connectivity index (χ4n) is 2.66. The van der Waals surface area contributed by atoms with Crippen molar-refractivity contribution in [2.75, 3.05) is 40.3 Å². The second-order valence-electron chi connectivity index (χ2n) is 6.21. The number of hydrogen-bond donors (Lipinski definition) is 0. The maximum absolute atomic E-state index is 12.2. The van der Waals surface area contributed by atoms with Crippen LogP contribution in [0.25, 0.3) is 0 Å². The molecule has 22 heavy (non-hydrogen) atoms. The van der Waals surface area contributed by atoms with Crippen LogP contribution in [0.3, 0.4) is 0 Å². The van der Waals surface area contributed by atoms with E-state index in [9.17, 15) is 4.79 Å². The molecular formula is C15H27N5O2. The molecule has 1 atom stereocenters. The van der Waals surface area contributed by atoms with E-state index in [2.05, 4.69) is 33.9 Å². The largest absolute Gasteiger partial charge is 0.337 e. The van der Waals surface area contributed by atoms with Gasteiger partial charge in [0, 0.05) is 45.7 Å². The Morgan fingerprint density at radius 2 is 2.05 bits per heavy atom. The molecule has 1 amide bonds. The number of nitrogens with zero attached hydrogens (tertiary/aromatic N) is 5. The lowest BCUT2D eigenvalue weighted by atomic mass is 10.1. The van der Waals surface area contributed by atoms with Crippen molar-refractivity contribution in [3.63, 3.8) is 0 Å². The Morgan fingerprint density at radius 3 is 2.64 bits per heavy atom. The van der Waals surface area contributed by atoms with Crippen LogP contribution in [-0.2, 0) is 11.3 Å². The molecule has 0 unspecified atom stereocenters. The third-order valence-electron chi connectivity index (χ3n) is 4.31. The first-order valence-corrected chi connectivity index (χ1v) is 7.91. The van der Waals surface area contributed by atoms with Gasteiger partial charge in [0.1, 0.15) is 0 Å². The Hall–Kier alpha value is -1.47. The molecule has 7 heteroatoms. The molecule has 1 saturated heterocycles. The number of aromatic nitrogens is 2. The van der Waals surface area contributed by atoms with Crippen LogP contribution in [0.5, 0.6) is 0 Å². The van der Waals surface area contributed by atoms with Crippen LogP contribution in [-0.4, -0.2) is 77.1 Å². The maximum atomic E-state index is 12.2. The number of carbonyl (C=O) groups is 1. The molecule has 1 aromatic heterocycles. The van der Waals surface area contributed by atoms with E-state index in [4.69, 9.17) is 4.52 Å². The van der Waals surface area contributed by atoms with Gasteiger partial charge in [-0.1, -0.05) is 5.16 Å². The molecule has 0 N–H and O–H groups in total. The van der Waals surface area contributed by atoms with Crippen molar-refractivity contribution in [1.29, 1.82) is 0 Å². The third-order valence-corrected chi connectivity index (χ3v) is 4.31. The quantitative estimate of drug-likeness (QED) is 0.773. The average Bonchev–Trinajstić information content (AvgIpc) is 2.90. The van der Waals surface area contributed by atoms with E-state index < -0.39 is 0 Å². The molecule has 1 aromatic rings. The first kappa shape index (κ1) is 16.9. The summed E-state index contributed by atoms with van der Waals surface area (Å²) in [5.74, 6) is 1.21. The minimum atomic E-state index is 0.122. The number of amides is 1. The van der Waals surface area contributed by atoms with Crippen LogP contribution in [0, 0.1) is 6.92 Å². The Balaban J connectivity index is 1.72. The van der Waals surface area contributed by atoms with Crippen molar-refractivity contribution in [2.24, 2.45) is 0 Å². The van der Waals surface area contributed by atoms with Crippen molar-refractivity contribution < 1.29 is 9.32 Å². The number of likely N-dealkylation sites (N-methyl/N-ethyl adjacent to an activating group) is 1. The minimum Gasteiger partial charge on any atom is -0.337 e. The molecule has 7 nitrogen and oxygen atoms in total. The molecule has 1 aliphatic rings. The highest BCUT2D eigenvalue weighted by atomic mass is 16.5. The van der Waals surface area contributed by atoms with E-state index in [1.54, 1.807) is 18.9 Å². The van der Waals surface area contributed by atoms with Gasteiger partial charge in [-0.2, -0.15) is 4.98 Å². The van der Waals surface area contributed by atoms with Gasteiger partial charge in [0.2, 0.25) is 11.8 Å². The lowest BCUT2D eigenvalue weighted by Crippen LogP contribution is -2.48. The van der Waals surface area contributed by atoms with Crippen LogP contribution in [0.2, 0.25) is 0 Å². The monoisotopic (exact) mass is 309 g/mol. The van der Waals surface area contributed by atoms with Crippen molar-refractivity contribution >= 4 is 5.91 Å². The molecule has 0 aliphatic carbocycles. The second kappa shape index (κ2) is 7.69. The van der Waals surface area contributed by atoms with E-state index in [-0.39, 0.29) is 5.91 Å². The standard InChI is InChI=1S/C15H27N5O2/c1-12(20-9-7-18(3)8-10-20)5-6-15(21)19(4)11-14-16-13(2)17-22-14/h12H,5-11H2,1-4H3/t12-/m0/s1. The molecule has 2 rings (SSSR count). The summed E-state index contributed by atoms with van der Waals surface area (Å²) in [7, 11) is 3.93. The molecule has 1 aliphatic heterocycles. The molecule has 2 heterocycles. The molecule has 124 valence electrons. The molecule has 1 fully saturated rings. The van der Waals surface area contributed by atoms with Gasteiger partial charge in [0.15, 0.2) is 5.82 Å². The summed E-state index contributed by atoms with van der Waals surface area (Å²) in [5, 5.41) is 3.74. The third kappa shape index (κ3) is 4.78. The Bertz CT molecular complexity index is 482. The second-order valence-corrected chi connectivity index (χ2v) is 6.21. The van der Waals surface area contributed by atoms with E-state index in [1.165, 1.54) is 0 Å². The highest BCUT2D eigenvalue weighted by molar-refractivity contribution is 5.75. The summed E-state index contributed by atoms with van der Waals surface area (Å²) in [5.41, 5.74) is 0. The fourth-order valence-corrected chi connectivity index (χ4v) is 2.66. The van der Waals surface area contributed by atoms with E-state index in [0.717, 1.165) is 32.6 Å². The van der Waals surface area contributed by atoms with Crippen LogP contribution in [0.1, 0.15) is 31.5 Å². The summed E-state index contributed by atoms with van der Waals surface area (Å²) in [6, 6.07) is 0.441. The Morgan fingerprint density at radius 1 is 1.36 bits per heavy atom. The number of piperazine rings is 1. The topological polar surface area (TPSA) is 65.7 Å². The predicted molar refractivity (Wildman–Crippen MR) is 83.3 cm³/mol. The van der Waals surface area contributed by atoms with Crippen LogP contribution >= 0.6 is 0 Å². The van der Waals surface area contributed by atoms with Gasteiger partial charge in [-0.15, -0.1) is 0 Å². The smallest absolute Gasteiger partial charge is 0.246 e. The zero-order valence-electron chi connectivity index (χ0n) is 14.1. The molecular weight excluding hydrogens is 282 g/mol. The molecule has 0 radical (unpaired) electrons. The Kier molecular flexibility index (Phi) is 5.90.